The van der Waals surface area contributed by atoms with Crippen LogP contribution in [0.4, 0.5) is 0 Å². The van der Waals surface area contributed by atoms with Crippen LogP contribution in [-0.2, 0) is 14.4 Å². The molecule has 0 unspecified atom stereocenters. The third-order valence-corrected chi connectivity index (χ3v) is 7.79. The van der Waals surface area contributed by atoms with Gasteiger partial charge in [-0.3, -0.25) is 14.4 Å². The summed E-state index contributed by atoms with van der Waals surface area (Å²) in [5, 5.41) is 9.43. The number of esters is 3. The highest BCUT2D eigenvalue weighted by Gasteiger charge is 2.05. The van der Waals surface area contributed by atoms with E-state index in [-0.39, 0.29) is 17.9 Å². The van der Waals surface area contributed by atoms with E-state index in [4.69, 9.17) is 14.2 Å². The van der Waals surface area contributed by atoms with Gasteiger partial charge in [0.25, 0.3) is 0 Å². The van der Waals surface area contributed by atoms with Crippen LogP contribution in [0.1, 0.15) is 20.8 Å². The zero-order valence-corrected chi connectivity index (χ0v) is 23.8. The molecular formula is C30H24O6S3. The Morgan fingerprint density at radius 2 is 1.13 bits per heavy atom. The van der Waals surface area contributed by atoms with Crippen molar-refractivity contribution in [3.05, 3.63) is 88.9 Å². The molecule has 3 aromatic heterocycles. The van der Waals surface area contributed by atoms with E-state index in [1.54, 1.807) is 52.2 Å². The predicted octanol–water partition coefficient (Wildman–Crippen LogP) is 8.48. The molecule has 0 amide bonds. The molecule has 0 aliphatic heterocycles. The Morgan fingerprint density at radius 3 is 1.85 bits per heavy atom. The van der Waals surface area contributed by atoms with Crippen LogP contribution in [0.2, 0.25) is 0 Å². The molecule has 0 bridgehead atoms. The highest BCUT2D eigenvalue weighted by molar-refractivity contribution is 7.18. The molecule has 0 spiro atoms. The zero-order valence-electron chi connectivity index (χ0n) is 21.3. The van der Waals surface area contributed by atoms with E-state index >= 15 is 0 Å². The van der Waals surface area contributed by atoms with Crippen LogP contribution in [0.15, 0.2) is 88.9 Å². The molecule has 198 valence electrons. The Kier molecular flexibility index (Phi) is 9.43. The molecule has 0 aliphatic carbocycles. The molecule has 6 aromatic rings. The lowest BCUT2D eigenvalue weighted by Crippen LogP contribution is -2.00. The molecule has 0 saturated heterocycles. The number of hydrogen-bond donors (Lipinski definition) is 0. The van der Waals surface area contributed by atoms with E-state index in [0.29, 0.717) is 17.2 Å². The molecule has 0 fully saturated rings. The molecule has 0 atom stereocenters. The second kappa shape index (κ2) is 13.1. The largest absolute Gasteiger partial charge is 0.427 e. The van der Waals surface area contributed by atoms with Crippen LogP contribution in [0, 0.1) is 0 Å². The van der Waals surface area contributed by atoms with Crippen molar-refractivity contribution in [3.8, 4) is 17.2 Å². The first-order valence-electron chi connectivity index (χ1n) is 11.7. The SMILES string of the molecule is CC(=O)Oc1ccc2ccsc2c1.CC(=O)Oc1ccc2sccc2c1.CC(=O)Oc1cccc2ccsc12. The van der Waals surface area contributed by atoms with Gasteiger partial charge in [-0.25, -0.2) is 0 Å². The van der Waals surface area contributed by atoms with Gasteiger partial charge >= 0.3 is 17.9 Å². The van der Waals surface area contributed by atoms with E-state index in [2.05, 4.69) is 0 Å². The Morgan fingerprint density at radius 1 is 0.538 bits per heavy atom. The van der Waals surface area contributed by atoms with Gasteiger partial charge in [0.15, 0.2) is 0 Å². The molecule has 39 heavy (non-hydrogen) atoms. The van der Waals surface area contributed by atoms with Gasteiger partial charge in [0.1, 0.15) is 17.2 Å². The van der Waals surface area contributed by atoms with Crippen LogP contribution >= 0.6 is 34.0 Å². The highest BCUT2D eigenvalue weighted by atomic mass is 32.1. The minimum atomic E-state index is -0.283. The van der Waals surface area contributed by atoms with Gasteiger partial charge in [0, 0.05) is 30.2 Å². The second-order valence-electron chi connectivity index (χ2n) is 8.12. The molecule has 0 saturated carbocycles. The number of ether oxygens (including phenoxy) is 3. The number of fused-ring (bicyclic) bond motifs is 3. The number of carbonyl (C=O) groups is 3. The molecule has 0 aliphatic rings. The molecule has 6 nitrogen and oxygen atoms in total. The first kappa shape index (κ1) is 28.0. The van der Waals surface area contributed by atoms with E-state index in [1.807, 2.05) is 70.7 Å². The van der Waals surface area contributed by atoms with E-state index < -0.39 is 0 Å². The summed E-state index contributed by atoms with van der Waals surface area (Å²) < 4.78 is 18.3. The number of hydrogen-bond acceptors (Lipinski definition) is 9. The third kappa shape index (κ3) is 7.97. The number of carbonyl (C=O) groups excluding carboxylic acids is 3. The summed E-state index contributed by atoms with van der Waals surface area (Å²) in [6.45, 7) is 4.21. The lowest BCUT2D eigenvalue weighted by Gasteiger charge is -2.01. The maximum atomic E-state index is 10.8. The van der Waals surface area contributed by atoms with Crippen molar-refractivity contribution < 1.29 is 28.6 Å². The van der Waals surface area contributed by atoms with E-state index in [1.165, 1.54) is 30.9 Å². The maximum Gasteiger partial charge on any atom is 0.308 e. The second-order valence-corrected chi connectivity index (χ2v) is 10.9. The molecule has 9 heteroatoms. The molecule has 0 N–H and O–H groups in total. The smallest absolute Gasteiger partial charge is 0.308 e. The summed E-state index contributed by atoms with van der Waals surface area (Å²) in [4.78, 5) is 32.1. The van der Waals surface area contributed by atoms with Crippen LogP contribution in [0.3, 0.4) is 0 Å². The fourth-order valence-electron chi connectivity index (χ4n) is 3.54. The molecule has 3 heterocycles. The van der Waals surface area contributed by atoms with Gasteiger partial charge in [-0.2, -0.15) is 0 Å². The average Bonchev–Trinajstić information content (AvgIpc) is 3.64. The Hall–Kier alpha value is -4.05. The Labute approximate surface area is 237 Å². The van der Waals surface area contributed by atoms with Gasteiger partial charge in [-0.1, -0.05) is 12.1 Å². The van der Waals surface area contributed by atoms with Crippen molar-refractivity contribution in [2.75, 3.05) is 0 Å². The normalized spacial score (nSPS) is 10.2. The summed E-state index contributed by atoms with van der Waals surface area (Å²) in [5.41, 5.74) is 0. The summed E-state index contributed by atoms with van der Waals surface area (Å²) in [6, 6.07) is 23.0. The van der Waals surface area contributed by atoms with Gasteiger partial charge in [-0.05, 0) is 93.0 Å². The maximum absolute atomic E-state index is 10.8. The van der Waals surface area contributed by atoms with Crippen molar-refractivity contribution in [1.82, 2.24) is 0 Å². The van der Waals surface area contributed by atoms with Crippen molar-refractivity contribution in [2.45, 2.75) is 20.8 Å². The Bertz CT molecular complexity index is 1660. The monoisotopic (exact) mass is 576 g/mol. The minimum Gasteiger partial charge on any atom is -0.427 e. The fraction of sp³-hybridized carbons (Fsp3) is 0.100. The number of thiophene rings is 3. The van der Waals surface area contributed by atoms with Crippen molar-refractivity contribution in [2.24, 2.45) is 0 Å². The van der Waals surface area contributed by atoms with Gasteiger partial charge in [0.2, 0.25) is 0 Å². The molecule has 3 aromatic carbocycles. The van der Waals surface area contributed by atoms with Crippen LogP contribution in [0.5, 0.6) is 17.2 Å². The topological polar surface area (TPSA) is 78.9 Å². The summed E-state index contributed by atoms with van der Waals surface area (Å²) in [5.74, 6) is 1.03. The third-order valence-electron chi connectivity index (χ3n) is 5.07. The predicted molar refractivity (Wildman–Crippen MR) is 159 cm³/mol. The summed E-state index contributed by atoms with van der Waals surface area (Å²) >= 11 is 4.89. The lowest BCUT2D eigenvalue weighted by atomic mass is 10.2. The quantitative estimate of drug-likeness (QED) is 0.155. The lowest BCUT2D eigenvalue weighted by molar-refractivity contribution is -0.132. The zero-order chi connectivity index (χ0) is 27.8. The molecule has 0 radical (unpaired) electrons. The number of rotatable bonds is 3. The standard InChI is InChI=1S/3C10H8O2S/c1-7(11)12-9-2-3-10-8(6-9)4-5-13-10;1-7(11)12-9-3-2-8-4-5-13-10(8)6-9;1-7(11)12-9-4-2-3-8-5-6-13-10(8)9/h3*2-6H,1H3. The van der Waals surface area contributed by atoms with Crippen LogP contribution in [-0.4, -0.2) is 17.9 Å². The Balaban J connectivity index is 0.000000136. The summed E-state index contributed by atoms with van der Waals surface area (Å²) in [7, 11) is 0. The van der Waals surface area contributed by atoms with E-state index in [9.17, 15) is 14.4 Å². The molecular weight excluding hydrogens is 553 g/mol. The number of benzene rings is 3. The van der Waals surface area contributed by atoms with Crippen molar-refractivity contribution >= 4 is 82.2 Å². The first-order valence-corrected chi connectivity index (χ1v) is 14.4. The van der Waals surface area contributed by atoms with Gasteiger partial charge < -0.3 is 14.2 Å². The van der Waals surface area contributed by atoms with E-state index in [0.717, 1.165) is 20.2 Å². The summed E-state index contributed by atoms with van der Waals surface area (Å²) in [6.07, 6.45) is 0. The van der Waals surface area contributed by atoms with Gasteiger partial charge in [-0.15, -0.1) is 34.0 Å². The highest BCUT2D eigenvalue weighted by Crippen LogP contribution is 2.30. The van der Waals surface area contributed by atoms with Crippen LogP contribution < -0.4 is 14.2 Å². The fourth-order valence-corrected chi connectivity index (χ4v) is 5.98. The molecule has 6 rings (SSSR count). The average molecular weight is 577 g/mol. The first-order chi connectivity index (χ1) is 18.8. The van der Waals surface area contributed by atoms with Gasteiger partial charge in [0.05, 0.1) is 4.70 Å². The minimum absolute atomic E-state index is 0.277. The van der Waals surface area contributed by atoms with Crippen molar-refractivity contribution in [1.29, 1.82) is 0 Å². The van der Waals surface area contributed by atoms with Crippen molar-refractivity contribution in [3.63, 3.8) is 0 Å². The van der Waals surface area contributed by atoms with Crippen LogP contribution in [0.25, 0.3) is 30.3 Å².